The first kappa shape index (κ1) is 17.5. The second-order valence-corrected chi connectivity index (χ2v) is 5.09. The first-order chi connectivity index (χ1) is 9.99. The molecule has 1 N–H and O–H groups in total. The first-order valence-electron chi connectivity index (χ1n) is 6.25. The Bertz CT molecular complexity index is 540. The summed E-state index contributed by atoms with van der Waals surface area (Å²) in [6.45, 7) is 3.63. The predicted octanol–water partition coefficient (Wildman–Crippen LogP) is 3.52. The number of carbonyl (C=O) groups is 2. The van der Waals surface area contributed by atoms with E-state index in [1.165, 1.54) is 6.20 Å². The molecule has 0 saturated heterocycles. The van der Waals surface area contributed by atoms with Crippen molar-refractivity contribution >= 4 is 45.2 Å². The third-order valence-electron chi connectivity index (χ3n) is 2.29. The largest absolute Gasteiger partial charge is 0.462 e. The van der Waals surface area contributed by atoms with Crippen molar-refractivity contribution in [3.63, 3.8) is 0 Å². The molecule has 0 aliphatic rings. The molecule has 0 saturated carbocycles. The van der Waals surface area contributed by atoms with E-state index in [4.69, 9.17) is 21.1 Å². The van der Waals surface area contributed by atoms with Gasteiger partial charge in [0.15, 0.2) is 5.57 Å². The molecule has 0 aliphatic carbocycles. The molecule has 0 aliphatic heterocycles. The van der Waals surface area contributed by atoms with Crippen molar-refractivity contribution in [2.75, 3.05) is 18.5 Å². The lowest BCUT2D eigenvalue weighted by Crippen LogP contribution is -2.19. The normalized spacial score (nSPS) is 9.71. The average Bonchev–Trinajstić information content (AvgIpc) is 2.41. The van der Waals surface area contributed by atoms with Crippen LogP contribution in [-0.4, -0.2) is 25.2 Å². The van der Waals surface area contributed by atoms with E-state index >= 15 is 0 Å². The second-order valence-electron chi connectivity index (χ2n) is 3.77. The van der Waals surface area contributed by atoms with Gasteiger partial charge in [0, 0.05) is 10.7 Å². The van der Waals surface area contributed by atoms with Gasteiger partial charge in [-0.2, -0.15) is 0 Å². The number of rotatable bonds is 6. The lowest BCUT2D eigenvalue weighted by molar-refractivity contribution is -0.146. The highest BCUT2D eigenvalue weighted by Gasteiger charge is 2.21. The highest BCUT2D eigenvalue weighted by atomic mass is 79.9. The number of esters is 2. The summed E-state index contributed by atoms with van der Waals surface area (Å²) in [4.78, 5) is 23.5. The van der Waals surface area contributed by atoms with Crippen LogP contribution in [0.2, 0.25) is 5.02 Å². The molecule has 114 valence electrons. The van der Waals surface area contributed by atoms with Gasteiger partial charge in [-0.15, -0.1) is 0 Å². The summed E-state index contributed by atoms with van der Waals surface area (Å²) in [7, 11) is 0. The van der Waals surface area contributed by atoms with E-state index in [0.29, 0.717) is 10.7 Å². The van der Waals surface area contributed by atoms with E-state index < -0.39 is 11.9 Å². The molecule has 5 nitrogen and oxygen atoms in total. The molecule has 21 heavy (non-hydrogen) atoms. The van der Waals surface area contributed by atoms with E-state index in [1.54, 1.807) is 32.0 Å². The quantitative estimate of drug-likeness (QED) is 0.356. The maximum absolute atomic E-state index is 11.7. The molecule has 0 radical (unpaired) electrons. The Morgan fingerprint density at radius 3 is 2.29 bits per heavy atom. The molecule has 0 aromatic heterocycles. The fraction of sp³-hybridized carbons (Fsp3) is 0.286. The van der Waals surface area contributed by atoms with Gasteiger partial charge in [-0.25, -0.2) is 9.59 Å². The van der Waals surface area contributed by atoms with Crippen molar-refractivity contribution in [1.29, 1.82) is 0 Å². The maximum atomic E-state index is 11.7. The van der Waals surface area contributed by atoms with Gasteiger partial charge >= 0.3 is 11.9 Å². The van der Waals surface area contributed by atoms with Crippen LogP contribution in [0.15, 0.2) is 34.4 Å². The first-order valence-corrected chi connectivity index (χ1v) is 7.42. The zero-order valence-electron chi connectivity index (χ0n) is 11.6. The smallest absolute Gasteiger partial charge is 0.347 e. The fourth-order valence-corrected chi connectivity index (χ4v) is 2.10. The summed E-state index contributed by atoms with van der Waals surface area (Å²) in [5.74, 6) is -1.51. The molecule has 0 atom stereocenters. The molecule has 1 rings (SSSR count). The van der Waals surface area contributed by atoms with Gasteiger partial charge in [0.05, 0.1) is 23.9 Å². The van der Waals surface area contributed by atoms with Crippen molar-refractivity contribution in [2.24, 2.45) is 0 Å². The number of halogens is 2. The monoisotopic (exact) mass is 375 g/mol. The van der Waals surface area contributed by atoms with Gasteiger partial charge in [0.25, 0.3) is 0 Å². The van der Waals surface area contributed by atoms with Crippen LogP contribution in [0.5, 0.6) is 0 Å². The number of carbonyl (C=O) groups excluding carboxylic acids is 2. The van der Waals surface area contributed by atoms with Gasteiger partial charge in [0.1, 0.15) is 0 Å². The maximum Gasteiger partial charge on any atom is 0.347 e. The summed E-state index contributed by atoms with van der Waals surface area (Å²) in [6.07, 6.45) is 1.23. The minimum absolute atomic E-state index is 0.161. The molecule has 7 heteroatoms. The van der Waals surface area contributed by atoms with E-state index in [2.05, 4.69) is 21.2 Å². The van der Waals surface area contributed by atoms with E-state index in [1.807, 2.05) is 0 Å². The van der Waals surface area contributed by atoms with Crippen LogP contribution >= 0.6 is 27.5 Å². The van der Waals surface area contributed by atoms with Gasteiger partial charge in [-0.1, -0.05) is 27.5 Å². The Morgan fingerprint density at radius 1 is 1.24 bits per heavy atom. The third-order valence-corrected chi connectivity index (χ3v) is 3.10. The number of ether oxygens (including phenoxy) is 2. The van der Waals surface area contributed by atoms with Crippen LogP contribution in [0.25, 0.3) is 0 Å². The number of anilines is 1. The Balaban J connectivity index is 2.96. The Hall–Kier alpha value is -1.53. The Labute approximate surface area is 136 Å². The summed E-state index contributed by atoms with van der Waals surface area (Å²) < 4.78 is 10.5. The molecule has 0 bridgehead atoms. The second kappa shape index (κ2) is 8.69. The molecule has 0 heterocycles. The average molecular weight is 377 g/mol. The number of benzene rings is 1. The summed E-state index contributed by atoms with van der Waals surface area (Å²) >= 11 is 9.33. The molecule has 1 aromatic carbocycles. The molecule has 0 amide bonds. The number of nitrogens with one attached hydrogen (secondary N) is 1. The fourth-order valence-electron chi connectivity index (χ4n) is 1.38. The molecular formula is C14H15BrClNO4. The molecule has 0 unspecified atom stereocenters. The van der Waals surface area contributed by atoms with Crippen LogP contribution in [0.3, 0.4) is 0 Å². The third kappa shape index (κ3) is 5.40. The minimum atomic E-state index is -0.753. The summed E-state index contributed by atoms with van der Waals surface area (Å²) in [6, 6.07) is 5.17. The van der Waals surface area contributed by atoms with Gasteiger partial charge in [-0.3, -0.25) is 0 Å². The van der Waals surface area contributed by atoms with Crippen LogP contribution in [-0.2, 0) is 19.1 Å². The topological polar surface area (TPSA) is 64.6 Å². The Morgan fingerprint density at radius 2 is 1.81 bits per heavy atom. The molecular weight excluding hydrogens is 362 g/mol. The van der Waals surface area contributed by atoms with Gasteiger partial charge < -0.3 is 14.8 Å². The minimum Gasteiger partial charge on any atom is -0.462 e. The molecule has 0 spiro atoms. The van der Waals surface area contributed by atoms with Gasteiger partial charge in [0.2, 0.25) is 0 Å². The van der Waals surface area contributed by atoms with Crippen molar-refractivity contribution in [3.05, 3.63) is 39.5 Å². The van der Waals surface area contributed by atoms with Crippen LogP contribution in [0.1, 0.15) is 13.8 Å². The van der Waals surface area contributed by atoms with Gasteiger partial charge in [-0.05, 0) is 32.0 Å². The van der Waals surface area contributed by atoms with E-state index in [-0.39, 0.29) is 18.8 Å². The lowest BCUT2D eigenvalue weighted by Gasteiger charge is -2.08. The standard InChI is InChI=1S/C14H15BrClNO4/c1-3-20-13(18)10(14(19)21-4-2)8-17-12-6-5-9(15)7-11(12)16/h5-8,17H,3-4H2,1-2H3. The Kier molecular flexibility index (Phi) is 7.25. The summed E-state index contributed by atoms with van der Waals surface area (Å²) in [5.41, 5.74) is 0.323. The molecule has 1 aromatic rings. The summed E-state index contributed by atoms with van der Waals surface area (Å²) in [5, 5.41) is 3.24. The van der Waals surface area contributed by atoms with E-state index in [0.717, 1.165) is 4.47 Å². The number of hydrogen-bond acceptors (Lipinski definition) is 5. The van der Waals surface area contributed by atoms with Crippen molar-refractivity contribution in [1.82, 2.24) is 0 Å². The van der Waals surface area contributed by atoms with Crippen LogP contribution < -0.4 is 5.32 Å². The number of hydrogen-bond donors (Lipinski definition) is 1. The molecule has 0 fully saturated rings. The lowest BCUT2D eigenvalue weighted by atomic mass is 10.2. The zero-order chi connectivity index (χ0) is 15.8. The highest BCUT2D eigenvalue weighted by Crippen LogP contribution is 2.25. The van der Waals surface area contributed by atoms with Crippen molar-refractivity contribution < 1.29 is 19.1 Å². The van der Waals surface area contributed by atoms with Crippen LogP contribution in [0, 0.1) is 0 Å². The SMILES string of the molecule is CCOC(=O)C(=CNc1ccc(Br)cc1Cl)C(=O)OCC. The highest BCUT2D eigenvalue weighted by molar-refractivity contribution is 9.10. The van der Waals surface area contributed by atoms with Crippen molar-refractivity contribution in [2.45, 2.75) is 13.8 Å². The zero-order valence-corrected chi connectivity index (χ0v) is 14.0. The van der Waals surface area contributed by atoms with Crippen molar-refractivity contribution in [3.8, 4) is 0 Å². The van der Waals surface area contributed by atoms with E-state index in [9.17, 15) is 9.59 Å². The predicted molar refractivity (Wildman–Crippen MR) is 84.1 cm³/mol. The van der Waals surface area contributed by atoms with Crippen LogP contribution in [0.4, 0.5) is 5.69 Å².